The Hall–Kier alpha value is -2.16. The molecule has 1 aliphatic rings. The molecule has 0 spiro atoms. The van der Waals surface area contributed by atoms with E-state index in [9.17, 15) is 19.2 Å². The van der Waals surface area contributed by atoms with E-state index in [2.05, 4.69) is 0 Å². The Labute approximate surface area is 134 Å². The van der Waals surface area contributed by atoms with Crippen LogP contribution in [0.25, 0.3) is 0 Å². The lowest BCUT2D eigenvalue weighted by Gasteiger charge is -2.40. The Balaban J connectivity index is 3.14. The molecule has 0 aromatic rings. The van der Waals surface area contributed by atoms with Crippen molar-refractivity contribution in [1.82, 2.24) is 0 Å². The summed E-state index contributed by atoms with van der Waals surface area (Å²) in [6.45, 7) is 3.62. The minimum atomic E-state index is -2.02. The molecule has 130 valence electrons. The lowest BCUT2D eigenvalue weighted by Crippen LogP contribution is -2.58. The van der Waals surface area contributed by atoms with Gasteiger partial charge in [0.15, 0.2) is 18.3 Å². The van der Waals surface area contributed by atoms with Crippen molar-refractivity contribution >= 4 is 23.9 Å². The highest BCUT2D eigenvalue weighted by Gasteiger charge is 2.47. The van der Waals surface area contributed by atoms with Crippen LogP contribution in [0, 0.1) is 0 Å². The van der Waals surface area contributed by atoms with Gasteiger partial charge in [0.05, 0.1) is 7.98 Å². The van der Waals surface area contributed by atoms with Crippen LogP contribution in [0.2, 0.25) is 0 Å². The molecule has 0 saturated carbocycles. The van der Waals surface area contributed by atoms with E-state index in [1.54, 1.807) is 0 Å². The largest absolute Gasteiger partial charge is 0.463 e. The summed E-state index contributed by atoms with van der Waals surface area (Å²) < 4.78 is 33.5. The predicted octanol–water partition coefficient (Wildman–Crippen LogP) is -0.257. The number of hydrogen-bond acceptors (Lipinski definition) is 9. The molecule has 0 unspecified atom stereocenters. The predicted molar refractivity (Wildman–Crippen MR) is 73.0 cm³/mol. The fraction of sp³-hybridized carbons (Fsp3) is 0.714. The highest BCUT2D eigenvalue weighted by molar-refractivity contribution is 5.68. The summed E-state index contributed by atoms with van der Waals surface area (Å²) in [5.41, 5.74) is 0. The van der Waals surface area contributed by atoms with Crippen molar-refractivity contribution in [3.63, 3.8) is 0 Å². The van der Waals surface area contributed by atoms with Crippen molar-refractivity contribution in [1.29, 1.82) is 0 Å². The SMILES string of the molecule is [2H][C@]1(COC(C)=O)OC[C@H](OC(C)=O)[C@@H](OC(C)=O)[C@@H]1OC(C)=O. The third-order valence-electron chi connectivity index (χ3n) is 2.75. The van der Waals surface area contributed by atoms with Crippen molar-refractivity contribution in [3.8, 4) is 0 Å². The van der Waals surface area contributed by atoms with Crippen LogP contribution in [0.15, 0.2) is 0 Å². The zero-order valence-electron chi connectivity index (χ0n) is 14.3. The van der Waals surface area contributed by atoms with E-state index in [1.807, 2.05) is 0 Å². The van der Waals surface area contributed by atoms with Gasteiger partial charge in [-0.2, -0.15) is 0 Å². The van der Waals surface area contributed by atoms with Crippen LogP contribution in [0.5, 0.6) is 0 Å². The second-order valence-corrected chi connectivity index (χ2v) is 4.81. The summed E-state index contributed by atoms with van der Waals surface area (Å²) in [6, 6.07) is 0. The number of esters is 4. The first-order chi connectivity index (χ1) is 11.0. The zero-order valence-corrected chi connectivity index (χ0v) is 13.3. The van der Waals surface area contributed by atoms with Crippen LogP contribution in [0.1, 0.15) is 29.1 Å². The molecule has 1 heterocycles. The maximum Gasteiger partial charge on any atom is 0.303 e. The molecule has 0 aliphatic carbocycles. The molecular weight excluding hydrogens is 312 g/mol. The lowest BCUT2D eigenvalue weighted by atomic mass is 9.99. The highest BCUT2D eigenvalue weighted by Crippen LogP contribution is 2.24. The van der Waals surface area contributed by atoms with Crippen LogP contribution in [-0.2, 0) is 42.9 Å². The van der Waals surface area contributed by atoms with Crippen molar-refractivity contribution in [3.05, 3.63) is 0 Å². The molecule has 1 rings (SSSR count). The summed E-state index contributed by atoms with van der Waals surface area (Å²) in [4.78, 5) is 45.0. The molecule has 0 aromatic heterocycles. The van der Waals surface area contributed by atoms with Crippen LogP contribution in [-0.4, -0.2) is 61.5 Å². The second kappa shape index (κ2) is 8.47. The van der Waals surface area contributed by atoms with Crippen LogP contribution in [0.3, 0.4) is 0 Å². The molecule has 0 aromatic carbocycles. The Morgan fingerprint density at radius 1 is 0.913 bits per heavy atom. The van der Waals surface area contributed by atoms with Gasteiger partial charge in [0.25, 0.3) is 0 Å². The molecule has 1 aliphatic heterocycles. The smallest absolute Gasteiger partial charge is 0.303 e. The summed E-state index contributed by atoms with van der Waals surface area (Å²) in [6.07, 6.45) is -5.84. The monoisotopic (exact) mass is 333 g/mol. The number of rotatable bonds is 5. The van der Waals surface area contributed by atoms with Gasteiger partial charge in [-0.05, 0) is 0 Å². The lowest BCUT2D eigenvalue weighted by molar-refractivity contribution is -0.231. The zero-order chi connectivity index (χ0) is 18.5. The minimum Gasteiger partial charge on any atom is -0.463 e. The first kappa shape index (κ1) is 17.2. The number of hydrogen-bond donors (Lipinski definition) is 0. The Bertz CT molecular complexity index is 520. The van der Waals surface area contributed by atoms with E-state index in [0.717, 1.165) is 27.7 Å². The van der Waals surface area contributed by atoms with Gasteiger partial charge in [-0.3, -0.25) is 19.2 Å². The van der Waals surface area contributed by atoms with Crippen molar-refractivity contribution < 1.29 is 44.2 Å². The number of ether oxygens (including phenoxy) is 5. The Morgan fingerprint density at radius 2 is 1.43 bits per heavy atom. The van der Waals surface area contributed by atoms with E-state index < -0.39 is 54.9 Å². The molecule has 9 nitrogen and oxygen atoms in total. The van der Waals surface area contributed by atoms with Crippen molar-refractivity contribution in [2.24, 2.45) is 0 Å². The first-order valence-corrected chi connectivity index (χ1v) is 6.84. The first-order valence-electron chi connectivity index (χ1n) is 7.34. The summed E-state index contributed by atoms with van der Waals surface area (Å²) in [7, 11) is 0. The molecule has 1 fully saturated rings. The molecule has 23 heavy (non-hydrogen) atoms. The molecule has 0 N–H and O–H groups in total. The number of carbonyl (C=O) groups is 4. The Morgan fingerprint density at radius 3 is 1.91 bits per heavy atom. The summed E-state index contributed by atoms with van der Waals surface area (Å²) >= 11 is 0. The van der Waals surface area contributed by atoms with Crippen molar-refractivity contribution in [2.75, 3.05) is 13.2 Å². The van der Waals surface area contributed by atoms with E-state index in [-0.39, 0.29) is 6.61 Å². The molecule has 9 heteroatoms. The minimum absolute atomic E-state index is 0.305. The van der Waals surface area contributed by atoms with Gasteiger partial charge >= 0.3 is 23.9 Å². The quantitative estimate of drug-likeness (QED) is 0.496. The van der Waals surface area contributed by atoms with Gasteiger partial charge in [-0.1, -0.05) is 0 Å². The third kappa shape index (κ3) is 6.23. The Kier molecular flexibility index (Phi) is 6.33. The molecule has 0 amide bonds. The van der Waals surface area contributed by atoms with Gasteiger partial charge in [0, 0.05) is 27.7 Å². The average Bonchev–Trinajstić information content (AvgIpc) is 2.43. The summed E-state index contributed by atoms with van der Waals surface area (Å²) in [5, 5.41) is 0. The fourth-order valence-electron chi connectivity index (χ4n) is 2.00. The fourth-order valence-corrected chi connectivity index (χ4v) is 2.00. The molecule has 0 radical (unpaired) electrons. The second-order valence-electron chi connectivity index (χ2n) is 4.81. The molecule has 4 atom stereocenters. The molecule has 0 bridgehead atoms. The average molecular weight is 333 g/mol. The maximum absolute atomic E-state index is 11.4. The third-order valence-corrected chi connectivity index (χ3v) is 2.75. The van der Waals surface area contributed by atoms with Crippen LogP contribution < -0.4 is 0 Å². The normalized spacial score (nSPS) is 30.6. The van der Waals surface area contributed by atoms with Gasteiger partial charge in [-0.25, -0.2) is 0 Å². The van der Waals surface area contributed by atoms with Gasteiger partial charge in [-0.15, -0.1) is 0 Å². The van der Waals surface area contributed by atoms with E-state index in [4.69, 9.17) is 25.1 Å². The van der Waals surface area contributed by atoms with E-state index in [0.29, 0.717) is 0 Å². The van der Waals surface area contributed by atoms with Crippen LogP contribution >= 0.6 is 0 Å². The maximum atomic E-state index is 11.4. The topological polar surface area (TPSA) is 114 Å². The van der Waals surface area contributed by atoms with Crippen LogP contribution in [0.4, 0.5) is 0 Å². The number of carbonyl (C=O) groups excluding carboxylic acids is 4. The standard InChI is InChI=1S/C14H20O9/c1-7(15)19-5-11-13(22-9(3)17)14(23-10(4)18)12(6-20-11)21-8(2)16/h11-14H,5-6H2,1-4H3/t11-,12+,13-,14-/m1/s1/i11D. The van der Waals surface area contributed by atoms with E-state index in [1.165, 1.54) is 0 Å². The van der Waals surface area contributed by atoms with Gasteiger partial charge in [0.1, 0.15) is 12.7 Å². The summed E-state index contributed by atoms with van der Waals surface area (Å²) in [5.74, 6) is -2.84. The molecular formula is C14H20O9. The van der Waals surface area contributed by atoms with Crippen molar-refractivity contribution in [2.45, 2.75) is 52.1 Å². The van der Waals surface area contributed by atoms with Gasteiger partial charge in [0.2, 0.25) is 0 Å². The molecule has 1 saturated heterocycles. The van der Waals surface area contributed by atoms with Gasteiger partial charge < -0.3 is 23.7 Å². The van der Waals surface area contributed by atoms with E-state index >= 15 is 0 Å². The highest BCUT2D eigenvalue weighted by atomic mass is 16.7.